The van der Waals surface area contributed by atoms with E-state index in [1.165, 1.54) is 4.90 Å². The Morgan fingerprint density at radius 2 is 1.83 bits per heavy atom. The summed E-state index contributed by atoms with van der Waals surface area (Å²) in [5, 5.41) is 11.3. The highest BCUT2D eigenvalue weighted by Gasteiger charge is 2.50. The van der Waals surface area contributed by atoms with Crippen molar-refractivity contribution in [2.75, 3.05) is 11.4 Å². The Bertz CT molecular complexity index is 1090. The molecule has 0 bridgehead atoms. The molecule has 29 heavy (non-hydrogen) atoms. The Balaban J connectivity index is 1.64. The lowest BCUT2D eigenvalue weighted by atomic mass is 9.88. The molecule has 4 rings (SSSR count). The molecule has 0 fully saturated rings. The Kier molecular flexibility index (Phi) is 4.98. The lowest BCUT2D eigenvalue weighted by molar-refractivity contribution is -0.135. The van der Waals surface area contributed by atoms with Crippen LogP contribution >= 0.6 is 15.9 Å². The first-order valence-electron chi connectivity index (χ1n) is 9.16. The van der Waals surface area contributed by atoms with Crippen LogP contribution in [0.15, 0.2) is 84.1 Å². The van der Waals surface area contributed by atoms with E-state index in [2.05, 4.69) is 22.5 Å². The highest BCUT2D eigenvalue weighted by atomic mass is 79.9. The van der Waals surface area contributed by atoms with Crippen LogP contribution in [0.1, 0.15) is 22.3 Å². The molecular formula is C23H19BrN2O3. The van der Waals surface area contributed by atoms with Crippen LogP contribution < -0.4 is 4.90 Å². The summed E-state index contributed by atoms with van der Waals surface area (Å²) in [5.74, 6) is -0.811. The summed E-state index contributed by atoms with van der Waals surface area (Å²) in [7, 11) is 0. The van der Waals surface area contributed by atoms with Crippen molar-refractivity contribution in [3.05, 3.63) is 95.2 Å². The Labute approximate surface area is 177 Å². The van der Waals surface area contributed by atoms with E-state index in [1.54, 1.807) is 36.4 Å². The van der Waals surface area contributed by atoms with E-state index >= 15 is 0 Å². The number of carbonyl (C=O) groups is 2. The normalized spacial score (nSPS) is 18.0. The van der Waals surface area contributed by atoms with Crippen molar-refractivity contribution in [3.63, 3.8) is 0 Å². The minimum atomic E-state index is -1.90. The largest absolute Gasteiger partial charge is 0.375 e. The van der Waals surface area contributed by atoms with Gasteiger partial charge in [0.05, 0.1) is 12.1 Å². The number of amides is 1. The quantitative estimate of drug-likeness (QED) is 0.451. The number of benzene rings is 2. The molecule has 2 heterocycles. The number of Topliss-reactive ketones (excluding diaryl/α,β-unsaturated/α-hetero) is 1. The molecule has 1 N–H and O–H groups in total. The van der Waals surface area contributed by atoms with Crippen LogP contribution in [0.5, 0.6) is 0 Å². The molecule has 0 saturated carbocycles. The number of aromatic nitrogens is 1. The van der Waals surface area contributed by atoms with Gasteiger partial charge in [-0.1, -0.05) is 22.0 Å². The van der Waals surface area contributed by atoms with Gasteiger partial charge in [-0.05, 0) is 54.6 Å². The van der Waals surface area contributed by atoms with Gasteiger partial charge in [-0.15, -0.1) is 6.58 Å². The first kappa shape index (κ1) is 19.4. The molecule has 1 aliphatic rings. The third kappa shape index (κ3) is 3.34. The number of nitrogens with zero attached hydrogens (tertiary/aromatic N) is 2. The molecule has 5 nitrogen and oxygen atoms in total. The molecule has 0 saturated heterocycles. The molecule has 2 aromatic carbocycles. The summed E-state index contributed by atoms with van der Waals surface area (Å²) >= 11 is 3.39. The monoisotopic (exact) mass is 450 g/mol. The van der Waals surface area contributed by atoms with Gasteiger partial charge in [0.2, 0.25) is 0 Å². The Hall–Kier alpha value is -2.96. The van der Waals surface area contributed by atoms with Crippen LogP contribution in [0.4, 0.5) is 5.69 Å². The SMILES string of the molecule is C=CCN1C(=O)[C@@](O)(CC(=O)c2ccc(-n3cccc3)cc2)c2cc(Br)ccc21. The van der Waals surface area contributed by atoms with Crippen LogP contribution in [0.25, 0.3) is 5.69 Å². The second-order valence-electron chi connectivity index (χ2n) is 6.96. The summed E-state index contributed by atoms with van der Waals surface area (Å²) in [6.07, 6.45) is 5.10. The fraction of sp³-hybridized carbons (Fsp3) is 0.130. The molecule has 1 atom stereocenters. The van der Waals surface area contributed by atoms with Crippen molar-refractivity contribution in [3.8, 4) is 5.69 Å². The second-order valence-corrected chi connectivity index (χ2v) is 7.88. The molecule has 146 valence electrons. The first-order valence-corrected chi connectivity index (χ1v) is 9.95. The lowest BCUT2D eigenvalue weighted by Gasteiger charge is -2.22. The average Bonchev–Trinajstić information content (AvgIpc) is 3.32. The van der Waals surface area contributed by atoms with Crippen LogP contribution in [0, 0.1) is 0 Å². The maximum atomic E-state index is 13.0. The number of fused-ring (bicyclic) bond motifs is 1. The minimum absolute atomic E-state index is 0.259. The second kappa shape index (κ2) is 7.46. The average molecular weight is 451 g/mol. The van der Waals surface area contributed by atoms with Gasteiger partial charge in [-0.25, -0.2) is 0 Å². The summed E-state index contributed by atoms with van der Waals surface area (Å²) in [6.45, 7) is 3.94. The number of hydrogen-bond donors (Lipinski definition) is 1. The van der Waals surface area contributed by atoms with Crippen LogP contribution in [0.2, 0.25) is 0 Å². The molecule has 3 aromatic rings. The number of anilines is 1. The van der Waals surface area contributed by atoms with Gasteiger partial charge in [0.15, 0.2) is 11.4 Å². The van der Waals surface area contributed by atoms with Gasteiger partial charge in [0, 0.05) is 40.2 Å². The van der Waals surface area contributed by atoms with Gasteiger partial charge in [-0.2, -0.15) is 0 Å². The van der Waals surface area contributed by atoms with Crippen LogP contribution in [-0.2, 0) is 10.4 Å². The van der Waals surface area contributed by atoms with E-state index in [9.17, 15) is 14.7 Å². The molecule has 1 aliphatic heterocycles. The van der Waals surface area contributed by atoms with Gasteiger partial charge in [-0.3, -0.25) is 9.59 Å². The molecule has 6 heteroatoms. The van der Waals surface area contributed by atoms with E-state index in [1.807, 2.05) is 41.2 Å². The zero-order valence-corrected chi connectivity index (χ0v) is 17.2. The molecule has 0 unspecified atom stereocenters. The smallest absolute Gasteiger partial charge is 0.264 e. The Morgan fingerprint density at radius 3 is 2.48 bits per heavy atom. The zero-order chi connectivity index (χ0) is 20.6. The topological polar surface area (TPSA) is 62.5 Å². The van der Waals surface area contributed by atoms with Crippen molar-refractivity contribution in [2.24, 2.45) is 0 Å². The van der Waals surface area contributed by atoms with Crippen molar-refractivity contribution >= 4 is 33.3 Å². The van der Waals surface area contributed by atoms with E-state index < -0.39 is 11.5 Å². The van der Waals surface area contributed by atoms with Crippen molar-refractivity contribution in [1.29, 1.82) is 0 Å². The van der Waals surface area contributed by atoms with E-state index in [0.717, 1.165) is 10.2 Å². The van der Waals surface area contributed by atoms with Gasteiger partial charge in [0.1, 0.15) is 0 Å². The number of carbonyl (C=O) groups excluding carboxylic acids is 2. The summed E-state index contributed by atoms with van der Waals surface area (Å²) < 4.78 is 2.66. The number of halogens is 1. The molecule has 1 amide bonds. The van der Waals surface area contributed by atoms with E-state index in [-0.39, 0.29) is 18.7 Å². The maximum absolute atomic E-state index is 13.0. The highest BCUT2D eigenvalue weighted by Crippen LogP contribution is 2.44. The fourth-order valence-corrected chi connectivity index (χ4v) is 4.03. The zero-order valence-electron chi connectivity index (χ0n) is 15.6. The molecule has 1 aromatic heterocycles. The highest BCUT2D eigenvalue weighted by molar-refractivity contribution is 9.10. The van der Waals surface area contributed by atoms with Crippen molar-refractivity contribution in [1.82, 2.24) is 4.57 Å². The molecule has 0 spiro atoms. The number of ketones is 1. The molecule has 0 radical (unpaired) electrons. The maximum Gasteiger partial charge on any atom is 0.264 e. The molecule has 0 aliphatic carbocycles. The third-order valence-electron chi connectivity index (χ3n) is 5.11. The predicted octanol–water partition coefficient (Wildman–Crippen LogP) is 4.23. The first-order chi connectivity index (χ1) is 13.9. The fourth-order valence-electron chi connectivity index (χ4n) is 3.66. The van der Waals surface area contributed by atoms with Crippen LogP contribution in [-0.4, -0.2) is 27.9 Å². The minimum Gasteiger partial charge on any atom is -0.375 e. The van der Waals surface area contributed by atoms with E-state index in [4.69, 9.17) is 0 Å². The number of rotatable bonds is 6. The van der Waals surface area contributed by atoms with E-state index in [0.29, 0.717) is 16.8 Å². The standard InChI is InChI=1S/C23H19BrN2O3/c1-2-11-26-20-10-7-17(24)14-19(20)23(29,22(26)28)15-21(27)16-5-8-18(9-6-16)25-12-3-4-13-25/h2-10,12-14,29H,1,11,15H2/t23-/m1/s1. The lowest BCUT2D eigenvalue weighted by Crippen LogP contribution is -2.41. The van der Waals surface area contributed by atoms with Gasteiger partial charge >= 0.3 is 0 Å². The van der Waals surface area contributed by atoms with Crippen molar-refractivity contribution in [2.45, 2.75) is 12.0 Å². The number of hydrogen-bond acceptors (Lipinski definition) is 3. The summed E-state index contributed by atoms with van der Waals surface area (Å²) in [5.41, 5.74) is 0.486. The van der Waals surface area contributed by atoms with Gasteiger partial charge in [0.25, 0.3) is 5.91 Å². The number of aliphatic hydroxyl groups is 1. The van der Waals surface area contributed by atoms with Crippen LogP contribution in [0.3, 0.4) is 0 Å². The third-order valence-corrected chi connectivity index (χ3v) is 5.61. The summed E-state index contributed by atoms with van der Waals surface area (Å²) in [4.78, 5) is 27.4. The van der Waals surface area contributed by atoms with Gasteiger partial charge < -0.3 is 14.6 Å². The predicted molar refractivity (Wildman–Crippen MR) is 115 cm³/mol. The molecular weight excluding hydrogens is 432 g/mol. The summed E-state index contributed by atoms with van der Waals surface area (Å²) in [6, 6.07) is 16.2. The van der Waals surface area contributed by atoms with Crippen molar-refractivity contribution < 1.29 is 14.7 Å². The Morgan fingerprint density at radius 1 is 1.14 bits per heavy atom.